The molecule has 2 aromatic heterocycles. The molecule has 0 bridgehead atoms. The average Bonchev–Trinajstić information content (AvgIpc) is 2.89. The van der Waals surface area contributed by atoms with Gasteiger partial charge in [0.2, 0.25) is 11.6 Å². The minimum Gasteiger partial charge on any atom is -0.368 e. The quantitative estimate of drug-likeness (QED) is 0.749. The van der Waals surface area contributed by atoms with Crippen LogP contribution in [0.15, 0.2) is 0 Å². The number of nitriles is 1. The smallest absolute Gasteiger partial charge is 0.226 e. The Labute approximate surface area is 103 Å². The van der Waals surface area contributed by atoms with E-state index in [1.54, 1.807) is 0 Å². The maximum atomic E-state index is 9.29. The van der Waals surface area contributed by atoms with Crippen molar-refractivity contribution < 1.29 is 0 Å². The van der Waals surface area contributed by atoms with E-state index in [1.165, 1.54) is 10.9 Å². The van der Waals surface area contributed by atoms with Gasteiger partial charge >= 0.3 is 0 Å². The summed E-state index contributed by atoms with van der Waals surface area (Å²) >= 11 is 0. The van der Waals surface area contributed by atoms with E-state index < -0.39 is 0 Å². The lowest BCUT2D eigenvalue weighted by atomic mass is 10.1. The van der Waals surface area contributed by atoms with Gasteiger partial charge in [0.1, 0.15) is 11.6 Å². The largest absolute Gasteiger partial charge is 0.368 e. The molecule has 0 spiro atoms. The van der Waals surface area contributed by atoms with Crippen molar-refractivity contribution in [2.75, 3.05) is 23.7 Å². The molecule has 0 radical (unpaired) electrons. The Balaban J connectivity index is 2.18. The van der Waals surface area contributed by atoms with Crippen molar-refractivity contribution in [1.29, 1.82) is 5.26 Å². The molecule has 0 unspecified atom stereocenters. The van der Waals surface area contributed by atoms with E-state index in [0.29, 0.717) is 17.0 Å². The Hall–Kier alpha value is -2.43. The summed E-state index contributed by atoms with van der Waals surface area (Å²) in [6.07, 6.45) is 3.41. The highest BCUT2D eigenvalue weighted by Crippen LogP contribution is 2.24. The lowest BCUT2D eigenvalue weighted by Gasteiger charge is -2.28. The van der Waals surface area contributed by atoms with Crippen LogP contribution in [0.5, 0.6) is 0 Å². The molecule has 2 N–H and O–H groups in total. The van der Waals surface area contributed by atoms with E-state index in [0.717, 1.165) is 25.9 Å². The topological polar surface area (TPSA) is 109 Å². The Kier molecular flexibility index (Phi) is 2.44. The molecule has 3 rings (SSSR count). The Bertz CT molecular complexity index is 619. The molecular formula is C10H12N8. The first-order valence-corrected chi connectivity index (χ1v) is 5.84. The summed E-state index contributed by atoms with van der Waals surface area (Å²) in [5, 5.41) is 20.4. The third kappa shape index (κ3) is 1.52. The van der Waals surface area contributed by atoms with Crippen LogP contribution in [0.4, 0.5) is 11.8 Å². The molecule has 0 aromatic carbocycles. The molecule has 0 aliphatic carbocycles. The van der Waals surface area contributed by atoms with Gasteiger partial charge in [0.25, 0.3) is 0 Å². The van der Waals surface area contributed by atoms with Crippen LogP contribution >= 0.6 is 0 Å². The molecule has 0 amide bonds. The first kappa shape index (κ1) is 10.7. The number of hydrogen-bond acceptors (Lipinski definition) is 7. The van der Waals surface area contributed by atoms with Crippen LogP contribution in [0.2, 0.25) is 0 Å². The van der Waals surface area contributed by atoms with Gasteiger partial charge < -0.3 is 10.6 Å². The maximum absolute atomic E-state index is 9.29. The Morgan fingerprint density at radius 1 is 1.22 bits per heavy atom. The van der Waals surface area contributed by atoms with Crippen LogP contribution in [-0.2, 0) is 0 Å². The number of nitrogens with two attached hydrogens (primary N) is 1. The minimum absolute atomic E-state index is 0.203. The third-order valence-corrected chi connectivity index (χ3v) is 3.12. The van der Waals surface area contributed by atoms with E-state index in [2.05, 4.69) is 31.5 Å². The van der Waals surface area contributed by atoms with Gasteiger partial charge in [0, 0.05) is 13.1 Å². The van der Waals surface area contributed by atoms with Crippen molar-refractivity contribution in [2.45, 2.75) is 19.3 Å². The van der Waals surface area contributed by atoms with Gasteiger partial charge in [-0.15, -0.1) is 5.10 Å². The predicted molar refractivity (Wildman–Crippen MR) is 63.8 cm³/mol. The highest BCUT2D eigenvalue weighted by atomic mass is 15.5. The molecule has 1 saturated heterocycles. The lowest BCUT2D eigenvalue weighted by molar-refractivity contribution is 0.572. The summed E-state index contributed by atoms with van der Waals surface area (Å²) in [6.45, 7) is 1.78. The van der Waals surface area contributed by atoms with Gasteiger partial charge in [0.15, 0.2) is 5.82 Å². The van der Waals surface area contributed by atoms with Crippen molar-refractivity contribution in [3.05, 3.63) is 5.56 Å². The molecule has 0 atom stereocenters. The maximum Gasteiger partial charge on any atom is 0.226 e. The summed E-state index contributed by atoms with van der Waals surface area (Å²) in [5.74, 6) is 0.798. The molecule has 3 heterocycles. The molecule has 92 valence electrons. The Morgan fingerprint density at radius 3 is 2.72 bits per heavy atom. The number of fused-ring (bicyclic) bond motifs is 1. The number of nitrogens with zero attached hydrogens (tertiary/aromatic N) is 7. The summed E-state index contributed by atoms with van der Waals surface area (Å²) in [5.41, 5.74) is 6.56. The fraction of sp³-hybridized carbons (Fsp3) is 0.500. The average molecular weight is 244 g/mol. The van der Waals surface area contributed by atoms with Gasteiger partial charge in [0.05, 0.1) is 0 Å². The van der Waals surface area contributed by atoms with Crippen molar-refractivity contribution in [2.24, 2.45) is 0 Å². The van der Waals surface area contributed by atoms with Gasteiger partial charge in [-0.1, -0.05) is 0 Å². The van der Waals surface area contributed by atoms with Gasteiger partial charge in [-0.2, -0.15) is 14.8 Å². The van der Waals surface area contributed by atoms with Crippen molar-refractivity contribution in [3.8, 4) is 6.07 Å². The molecule has 1 aliphatic heterocycles. The second kappa shape index (κ2) is 4.10. The number of piperidine rings is 1. The molecule has 1 aliphatic rings. The minimum atomic E-state index is 0.203. The van der Waals surface area contributed by atoms with E-state index in [1.807, 2.05) is 0 Å². The number of aromatic nitrogens is 5. The van der Waals surface area contributed by atoms with Crippen LogP contribution in [0.3, 0.4) is 0 Å². The first-order valence-electron chi connectivity index (χ1n) is 5.84. The number of tetrazole rings is 1. The van der Waals surface area contributed by atoms with Gasteiger partial charge in [-0.3, -0.25) is 0 Å². The molecule has 8 heteroatoms. The fourth-order valence-corrected chi connectivity index (χ4v) is 2.24. The van der Waals surface area contributed by atoms with E-state index in [9.17, 15) is 5.26 Å². The number of rotatable bonds is 1. The van der Waals surface area contributed by atoms with Crippen LogP contribution in [0.1, 0.15) is 24.8 Å². The zero-order valence-electron chi connectivity index (χ0n) is 9.74. The lowest BCUT2D eigenvalue weighted by Crippen LogP contribution is -2.31. The molecule has 1 fully saturated rings. The van der Waals surface area contributed by atoms with Crippen molar-refractivity contribution in [3.63, 3.8) is 0 Å². The van der Waals surface area contributed by atoms with Crippen LogP contribution in [-0.4, -0.2) is 38.1 Å². The molecule has 0 saturated carbocycles. The monoisotopic (exact) mass is 244 g/mol. The summed E-state index contributed by atoms with van der Waals surface area (Å²) < 4.78 is 1.28. The molecule has 8 nitrogen and oxygen atoms in total. The number of hydrogen-bond donors (Lipinski definition) is 1. The third-order valence-electron chi connectivity index (χ3n) is 3.12. The van der Waals surface area contributed by atoms with Crippen LogP contribution in [0.25, 0.3) is 5.65 Å². The fourth-order valence-electron chi connectivity index (χ4n) is 2.24. The standard InChI is InChI=1S/C10H12N8/c11-6-7-8(17-4-2-1-3-5-17)13-10(12)18-9(7)14-15-16-18/h1-5H2,(H2,12,13). The molecular weight excluding hydrogens is 232 g/mol. The normalized spacial score (nSPS) is 15.8. The van der Waals surface area contributed by atoms with E-state index >= 15 is 0 Å². The predicted octanol–water partition coefficient (Wildman–Crippen LogP) is -0.0365. The Morgan fingerprint density at radius 2 is 2.00 bits per heavy atom. The summed E-state index contributed by atoms with van der Waals surface area (Å²) in [4.78, 5) is 6.35. The van der Waals surface area contributed by atoms with Gasteiger partial charge in [-0.05, 0) is 29.7 Å². The van der Waals surface area contributed by atoms with Crippen LogP contribution in [0, 0.1) is 11.3 Å². The number of nitrogen functional groups attached to an aromatic ring is 1. The SMILES string of the molecule is N#Cc1c(N2CCCCC2)nc(N)n2nnnc12. The first-order chi connectivity index (χ1) is 8.81. The van der Waals surface area contributed by atoms with Gasteiger partial charge in [-0.25, -0.2) is 0 Å². The molecule has 18 heavy (non-hydrogen) atoms. The summed E-state index contributed by atoms with van der Waals surface area (Å²) in [6, 6.07) is 2.13. The summed E-state index contributed by atoms with van der Waals surface area (Å²) in [7, 11) is 0. The number of anilines is 2. The van der Waals surface area contributed by atoms with Crippen molar-refractivity contribution >= 4 is 17.4 Å². The highest BCUT2D eigenvalue weighted by Gasteiger charge is 2.21. The highest BCUT2D eigenvalue weighted by molar-refractivity contribution is 5.69. The second-order valence-corrected chi connectivity index (χ2v) is 4.24. The zero-order valence-corrected chi connectivity index (χ0v) is 9.74. The zero-order chi connectivity index (χ0) is 12.5. The second-order valence-electron chi connectivity index (χ2n) is 4.24. The molecule has 2 aromatic rings. The van der Waals surface area contributed by atoms with E-state index in [4.69, 9.17) is 5.73 Å². The van der Waals surface area contributed by atoms with Crippen LogP contribution < -0.4 is 10.6 Å². The van der Waals surface area contributed by atoms with Crippen molar-refractivity contribution in [1.82, 2.24) is 25.0 Å². The van der Waals surface area contributed by atoms with E-state index in [-0.39, 0.29) is 5.95 Å².